The van der Waals surface area contributed by atoms with Crippen LogP contribution in [-0.4, -0.2) is 56.3 Å². The number of amides is 3. The number of imidazole rings is 1. The summed E-state index contributed by atoms with van der Waals surface area (Å²) in [6, 6.07) is 18.7. The highest BCUT2D eigenvalue weighted by Crippen LogP contribution is 2.34. The van der Waals surface area contributed by atoms with Gasteiger partial charge in [0.2, 0.25) is 0 Å². The fourth-order valence-corrected chi connectivity index (χ4v) is 5.21. The van der Waals surface area contributed by atoms with Crippen molar-refractivity contribution >= 4 is 34.5 Å². The molecule has 0 spiro atoms. The summed E-state index contributed by atoms with van der Waals surface area (Å²) in [5, 5.41) is 21.2. The number of ether oxygens (including phenoxy) is 1. The highest BCUT2D eigenvalue weighted by molar-refractivity contribution is 14.1. The Balaban J connectivity index is 1.45. The van der Waals surface area contributed by atoms with E-state index in [0.717, 1.165) is 9.13 Å². The number of benzene rings is 3. The molecule has 3 atom stereocenters. The second-order valence-electron chi connectivity index (χ2n) is 9.72. The fraction of sp³-hybridized carbons (Fsp3) is 0.233. The standard InChI is InChI=1S/C30H28FIN4O5/c1-17-26(23-12-9-20(32)14-24(23)31)34-28(33-17)25(13-18-5-3-2-4-6-18)36-29(39)27(35-30(36)40)19-7-10-22(11-8-19)41-16-21(38)15-37/h2-12,14,21,25,27,37-38H,13,15-16H2,1H3,(H,33,34)(H,35,40)/t21-,25-,27+/m0/s1. The number of nitrogens with one attached hydrogen (secondary N) is 2. The van der Waals surface area contributed by atoms with Gasteiger partial charge in [0, 0.05) is 15.6 Å². The molecule has 1 aromatic heterocycles. The Morgan fingerprint density at radius 1 is 1.10 bits per heavy atom. The van der Waals surface area contributed by atoms with Gasteiger partial charge in [0.25, 0.3) is 5.91 Å². The first-order valence-electron chi connectivity index (χ1n) is 13.0. The topological polar surface area (TPSA) is 128 Å². The van der Waals surface area contributed by atoms with Gasteiger partial charge in [0.15, 0.2) is 0 Å². The van der Waals surface area contributed by atoms with E-state index in [2.05, 4.69) is 15.3 Å². The van der Waals surface area contributed by atoms with Crippen molar-refractivity contribution in [2.45, 2.75) is 31.5 Å². The molecule has 0 bridgehead atoms. The van der Waals surface area contributed by atoms with Crippen molar-refractivity contribution < 1.29 is 28.9 Å². The molecule has 4 aromatic rings. The van der Waals surface area contributed by atoms with Crippen molar-refractivity contribution in [3.05, 3.63) is 105 Å². The third-order valence-corrected chi connectivity index (χ3v) is 7.51. The zero-order valence-corrected chi connectivity index (χ0v) is 24.2. The lowest BCUT2D eigenvalue weighted by atomic mass is 10.0. The minimum atomic E-state index is -1.01. The van der Waals surface area contributed by atoms with Crippen LogP contribution in [0.1, 0.15) is 34.7 Å². The molecular formula is C30H28FIN4O5. The lowest BCUT2D eigenvalue weighted by molar-refractivity contribution is -0.129. The maximum Gasteiger partial charge on any atom is 0.325 e. The molecule has 0 aliphatic carbocycles. The predicted molar refractivity (Wildman–Crippen MR) is 157 cm³/mol. The summed E-state index contributed by atoms with van der Waals surface area (Å²) in [5.74, 6) is -0.0348. The zero-order chi connectivity index (χ0) is 29.1. The van der Waals surface area contributed by atoms with Gasteiger partial charge in [-0.3, -0.25) is 9.69 Å². The molecule has 212 valence electrons. The number of aromatic amines is 1. The normalized spacial score (nSPS) is 16.5. The Labute approximate surface area is 249 Å². The van der Waals surface area contributed by atoms with Gasteiger partial charge >= 0.3 is 6.03 Å². The number of urea groups is 1. The van der Waals surface area contributed by atoms with Crippen LogP contribution in [0, 0.1) is 16.3 Å². The van der Waals surface area contributed by atoms with Crippen LogP contribution in [-0.2, 0) is 11.2 Å². The maximum absolute atomic E-state index is 14.9. The van der Waals surface area contributed by atoms with Crippen molar-refractivity contribution in [1.29, 1.82) is 0 Å². The number of carbonyl (C=O) groups is 2. The van der Waals surface area contributed by atoms with Crippen molar-refractivity contribution in [3.8, 4) is 17.0 Å². The van der Waals surface area contributed by atoms with E-state index in [4.69, 9.17) is 9.84 Å². The summed E-state index contributed by atoms with van der Waals surface area (Å²) in [7, 11) is 0. The molecule has 5 rings (SSSR count). The molecule has 3 amide bonds. The summed E-state index contributed by atoms with van der Waals surface area (Å²) in [5.41, 5.74) is 2.82. The molecule has 9 nitrogen and oxygen atoms in total. The number of H-pyrrole nitrogens is 1. The quantitative estimate of drug-likeness (QED) is 0.146. The van der Waals surface area contributed by atoms with E-state index in [9.17, 15) is 19.1 Å². The van der Waals surface area contributed by atoms with Crippen LogP contribution in [0.25, 0.3) is 11.3 Å². The molecule has 0 saturated carbocycles. The second kappa shape index (κ2) is 12.4. The first kappa shape index (κ1) is 28.7. The van der Waals surface area contributed by atoms with E-state index >= 15 is 0 Å². The molecule has 3 aromatic carbocycles. The van der Waals surface area contributed by atoms with Gasteiger partial charge in [-0.25, -0.2) is 14.2 Å². The van der Waals surface area contributed by atoms with Crippen molar-refractivity contribution in [1.82, 2.24) is 20.2 Å². The maximum atomic E-state index is 14.9. The zero-order valence-electron chi connectivity index (χ0n) is 22.1. The second-order valence-corrected chi connectivity index (χ2v) is 11.0. The number of rotatable bonds is 10. The van der Waals surface area contributed by atoms with Gasteiger partial charge in [-0.2, -0.15) is 0 Å². The molecule has 0 unspecified atom stereocenters. The number of aliphatic hydroxyl groups is 2. The summed E-state index contributed by atoms with van der Waals surface area (Å²) < 4.78 is 21.1. The molecule has 11 heteroatoms. The lowest BCUT2D eigenvalue weighted by Gasteiger charge is -2.24. The molecule has 41 heavy (non-hydrogen) atoms. The fourth-order valence-electron chi connectivity index (χ4n) is 4.76. The van der Waals surface area contributed by atoms with E-state index in [1.165, 1.54) is 11.0 Å². The summed E-state index contributed by atoms with van der Waals surface area (Å²) in [4.78, 5) is 36.1. The van der Waals surface area contributed by atoms with E-state index in [0.29, 0.717) is 40.5 Å². The molecular weight excluding hydrogens is 642 g/mol. The Morgan fingerprint density at radius 3 is 2.51 bits per heavy atom. The molecule has 1 saturated heterocycles. The largest absolute Gasteiger partial charge is 0.491 e. The summed E-state index contributed by atoms with van der Waals surface area (Å²) in [6.45, 7) is 1.25. The van der Waals surface area contributed by atoms with Crippen LogP contribution in [0.4, 0.5) is 9.18 Å². The van der Waals surface area contributed by atoms with Crippen molar-refractivity contribution in [2.75, 3.05) is 13.2 Å². The third kappa shape index (κ3) is 6.26. The minimum absolute atomic E-state index is 0.0828. The van der Waals surface area contributed by atoms with Crippen molar-refractivity contribution in [3.63, 3.8) is 0 Å². The monoisotopic (exact) mass is 670 g/mol. The Bertz CT molecular complexity index is 1550. The van der Waals surface area contributed by atoms with Crippen LogP contribution in [0.3, 0.4) is 0 Å². The van der Waals surface area contributed by atoms with E-state index in [-0.39, 0.29) is 6.61 Å². The minimum Gasteiger partial charge on any atom is -0.491 e. The van der Waals surface area contributed by atoms with Gasteiger partial charge < -0.3 is 25.3 Å². The van der Waals surface area contributed by atoms with Gasteiger partial charge in [-0.05, 0) is 71.0 Å². The van der Waals surface area contributed by atoms with Gasteiger partial charge in [0.1, 0.15) is 42.2 Å². The number of hydrogen-bond donors (Lipinski definition) is 4. The predicted octanol–water partition coefficient (Wildman–Crippen LogP) is 4.44. The van der Waals surface area contributed by atoms with E-state index in [1.807, 2.05) is 52.9 Å². The number of carbonyl (C=O) groups excluding carboxylic acids is 2. The first-order chi connectivity index (χ1) is 19.7. The van der Waals surface area contributed by atoms with Crippen LogP contribution in [0.2, 0.25) is 0 Å². The van der Waals surface area contributed by atoms with E-state index in [1.54, 1.807) is 43.3 Å². The molecule has 1 fully saturated rings. The number of nitrogens with zero attached hydrogens (tertiary/aromatic N) is 2. The third-order valence-electron chi connectivity index (χ3n) is 6.84. The van der Waals surface area contributed by atoms with Crippen LogP contribution in [0.15, 0.2) is 72.8 Å². The SMILES string of the molecule is Cc1nc([C@H](Cc2ccccc2)N2C(=O)N[C@H](c3ccc(OC[C@@H](O)CO)cc3)C2=O)[nH]c1-c1ccc(I)cc1F. The average Bonchev–Trinajstić information content (AvgIpc) is 3.49. The summed E-state index contributed by atoms with van der Waals surface area (Å²) >= 11 is 2.04. The molecule has 1 aliphatic heterocycles. The smallest absolute Gasteiger partial charge is 0.325 e. The number of aryl methyl sites for hydroxylation is 1. The van der Waals surface area contributed by atoms with Crippen LogP contribution < -0.4 is 10.1 Å². The highest BCUT2D eigenvalue weighted by atomic mass is 127. The number of halogens is 2. The number of aromatic nitrogens is 2. The number of imide groups is 1. The van der Waals surface area contributed by atoms with Crippen molar-refractivity contribution in [2.24, 2.45) is 0 Å². The van der Waals surface area contributed by atoms with Crippen LogP contribution in [0.5, 0.6) is 5.75 Å². The molecule has 1 aliphatic rings. The highest BCUT2D eigenvalue weighted by Gasteiger charge is 2.44. The summed E-state index contributed by atoms with van der Waals surface area (Å²) in [6.07, 6.45) is -0.706. The molecule has 4 N–H and O–H groups in total. The Kier molecular flexibility index (Phi) is 8.66. The van der Waals surface area contributed by atoms with Gasteiger partial charge in [0.05, 0.1) is 18.0 Å². The Morgan fingerprint density at radius 2 is 1.83 bits per heavy atom. The van der Waals surface area contributed by atoms with E-state index < -0.39 is 42.6 Å². The van der Waals surface area contributed by atoms with Gasteiger partial charge in [-0.1, -0.05) is 42.5 Å². The molecule has 0 radical (unpaired) electrons. The van der Waals surface area contributed by atoms with Gasteiger partial charge in [-0.15, -0.1) is 0 Å². The Hall–Kier alpha value is -3.81. The number of hydrogen-bond acceptors (Lipinski definition) is 6. The molecule has 2 heterocycles. The van der Waals surface area contributed by atoms with Crippen LogP contribution >= 0.6 is 22.6 Å². The lowest BCUT2D eigenvalue weighted by Crippen LogP contribution is -2.36. The average molecular weight is 670 g/mol. The first-order valence-corrected chi connectivity index (χ1v) is 14.0. The number of aliphatic hydroxyl groups excluding tert-OH is 2.